The summed E-state index contributed by atoms with van der Waals surface area (Å²) in [4.78, 5) is 17.0. The molecule has 0 atom stereocenters. The number of rotatable bonds is 6. The number of hydrogen-bond donors (Lipinski definition) is 1. The molecule has 3 rings (SSSR count). The van der Waals surface area contributed by atoms with Gasteiger partial charge in [0.2, 0.25) is 0 Å². The summed E-state index contributed by atoms with van der Waals surface area (Å²) in [6.45, 7) is 11.0. The Balaban J connectivity index is 2.01. The van der Waals surface area contributed by atoms with E-state index in [4.69, 9.17) is 4.74 Å². The maximum atomic E-state index is 12.4. The third-order valence-corrected chi connectivity index (χ3v) is 4.84. The lowest BCUT2D eigenvalue weighted by molar-refractivity contribution is 0.0517. The number of hydrogen-bond acceptors (Lipinski definition) is 4. The van der Waals surface area contributed by atoms with Gasteiger partial charge in [-0.3, -0.25) is 4.40 Å². The smallest absolute Gasteiger partial charge is 0.357 e. The Morgan fingerprint density at radius 1 is 1.22 bits per heavy atom. The maximum absolute atomic E-state index is 12.4. The number of imidazole rings is 1. The summed E-state index contributed by atoms with van der Waals surface area (Å²) in [6.07, 6.45) is 2.93. The molecule has 27 heavy (non-hydrogen) atoms. The van der Waals surface area contributed by atoms with Gasteiger partial charge in [0, 0.05) is 12.7 Å². The number of esters is 1. The van der Waals surface area contributed by atoms with Gasteiger partial charge in [0.25, 0.3) is 0 Å². The summed E-state index contributed by atoms with van der Waals surface area (Å²) >= 11 is 0. The lowest BCUT2D eigenvalue weighted by atomic mass is 10.00. The monoisotopic (exact) mass is 365 g/mol. The van der Waals surface area contributed by atoms with E-state index in [9.17, 15) is 4.79 Å². The number of fused-ring (bicyclic) bond motifs is 1. The molecule has 0 spiro atoms. The van der Waals surface area contributed by atoms with Crippen LogP contribution in [0.15, 0.2) is 30.5 Å². The molecule has 2 aromatic heterocycles. The van der Waals surface area contributed by atoms with Gasteiger partial charge in [-0.1, -0.05) is 25.1 Å². The van der Waals surface area contributed by atoms with Crippen molar-refractivity contribution >= 4 is 17.3 Å². The number of nitrogens with one attached hydrogen (secondary N) is 1. The molecular formula is C22H27N3O2. The van der Waals surface area contributed by atoms with E-state index in [1.54, 1.807) is 0 Å². The van der Waals surface area contributed by atoms with Crippen LogP contribution in [0.3, 0.4) is 0 Å². The minimum Gasteiger partial charge on any atom is -0.461 e. The van der Waals surface area contributed by atoms with Crippen LogP contribution in [-0.2, 0) is 17.7 Å². The molecule has 0 bridgehead atoms. The minimum absolute atomic E-state index is 0.341. The van der Waals surface area contributed by atoms with Gasteiger partial charge in [0.15, 0.2) is 11.3 Å². The quantitative estimate of drug-likeness (QED) is 0.648. The zero-order valence-electron chi connectivity index (χ0n) is 16.7. The van der Waals surface area contributed by atoms with Crippen LogP contribution in [0.2, 0.25) is 0 Å². The molecule has 3 aromatic rings. The molecule has 0 aliphatic heterocycles. The molecule has 5 heteroatoms. The summed E-state index contributed by atoms with van der Waals surface area (Å²) in [6, 6.07) is 8.49. The zero-order chi connectivity index (χ0) is 19.6. The SMILES string of the molecule is CCOC(=O)c1c(C)nc2c(NCc3c(C)cccc3CC)cc(C)cn12. The van der Waals surface area contributed by atoms with Gasteiger partial charge in [-0.25, -0.2) is 9.78 Å². The first-order valence-electron chi connectivity index (χ1n) is 9.43. The Bertz CT molecular complexity index is 989. The molecule has 0 saturated heterocycles. The van der Waals surface area contributed by atoms with Crippen molar-refractivity contribution in [3.8, 4) is 0 Å². The van der Waals surface area contributed by atoms with Crippen LogP contribution in [0.4, 0.5) is 5.69 Å². The van der Waals surface area contributed by atoms with E-state index >= 15 is 0 Å². The first-order chi connectivity index (χ1) is 13.0. The fraction of sp³-hybridized carbons (Fsp3) is 0.364. The topological polar surface area (TPSA) is 55.6 Å². The molecule has 5 nitrogen and oxygen atoms in total. The average molecular weight is 365 g/mol. The molecular weight excluding hydrogens is 338 g/mol. The van der Waals surface area contributed by atoms with Crippen molar-refractivity contribution in [1.29, 1.82) is 0 Å². The Kier molecular flexibility index (Phi) is 5.49. The molecule has 1 N–H and O–H groups in total. The number of aromatic nitrogens is 2. The standard InChI is InChI=1S/C22H27N3O2/c1-6-17-10-8-9-15(4)18(17)12-23-19-11-14(3)13-25-20(22(26)27-7-2)16(5)24-21(19)25/h8-11,13,23H,6-7,12H2,1-5H3. The summed E-state index contributed by atoms with van der Waals surface area (Å²) < 4.78 is 7.05. The van der Waals surface area contributed by atoms with Crippen molar-refractivity contribution in [2.75, 3.05) is 11.9 Å². The number of benzene rings is 1. The van der Waals surface area contributed by atoms with Crippen LogP contribution in [0.5, 0.6) is 0 Å². The van der Waals surface area contributed by atoms with Gasteiger partial charge in [-0.2, -0.15) is 0 Å². The summed E-state index contributed by atoms with van der Waals surface area (Å²) in [5.74, 6) is -0.341. The predicted octanol–water partition coefficient (Wildman–Crippen LogP) is 4.61. The van der Waals surface area contributed by atoms with E-state index < -0.39 is 0 Å². The molecule has 2 heterocycles. The van der Waals surface area contributed by atoms with Gasteiger partial charge in [-0.05, 0) is 62.4 Å². The maximum Gasteiger partial charge on any atom is 0.357 e. The second-order valence-electron chi connectivity index (χ2n) is 6.81. The highest BCUT2D eigenvalue weighted by Gasteiger charge is 2.20. The van der Waals surface area contributed by atoms with Gasteiger partial charge in [0.05, 0.1) is 18.0 Å². The Morgan fingerprint density at radius 2 is 2.00 bits per heavy atom. The summed E-state index contributed by atoms with van der Waals surface area (Å²) in [5, 5.41) is 3.54. The summed E-state index contributed by atoms with van der Waals surface area (Å²) in [5.41, 5.74) is 7.81. The fourth-order valence-corrected chi connectivity index (χ4v) is 3.50. The third kappa shape index (κ3) is 3.68. The molecule has 142 valence electrons. The Hall–Kier alpha value is -2.82. The van der Waals surface area contributed by atoms with Crippen LogP contribution in [0.25, 0.3) is 5.65 Å². The molecule has 0 unspecified atom stereocenters. The largest absolute Gasteiger partial charge is 0.461 e. The van der Waals surface area contributed by atoms with E-state index in [1.807, 2.05) is 31.4 Å². The van der Waals surface area contributed by atoms with Crippen molar-refractivity contribution in [3.63, 3.8) is 0 Å². The second-order valence-corrected chi connectivity index (χ2v) is 6.81. The number of carbonyl (C=O) groups is 1. The highest BCUT2D eigenvalue weighted by molar-refractivity contribution is 5.91. The van der Waals surface area contributed by atoms with Crippen molar-refractivity contribution in [3.05, 3.63) is 64.1 Å². The van der Waals surface area contributed by atoms with E-state index in [1.165, 1.54) is 16.7 Å². The van der Waals surface area contributed by atoms with E-state index in [0.717, 1.165) is 29.9 Å². The van der Waals surface area contributed by atoms with Crippen LogP contribution in [-0.4, -0.2) is 22.0 Å². The zero-order valence-corrected chi connectivity index (χ0v) is 16.7. The highest BCUT2D eigenvalue weighted by atomic mass is 16.5. The molecule has 0 fully saturated rings. The number of anilines is 1. The van der Waals surface area contributed by atoms with Gasteiger partial charge in [0.1, 0.15) is 0 Å². The number of carbonyl (C=O) groups excluding carboxylic acids is 1. The lowest BCUT2D eigenvalue weighted by Gasteiger charge is -2.14. The van der Waals surface area contributed by atoms with Crippen LogP contribution in [0, 0.1) is 20.8 Å². The predicted molar refractivity (Wildman–Crippen MR) is 109 cm³/mol. The fourth-order valence-electron chi connectivity index (χ4n) is 3.50. The lowest BCUT2D eigenvalue weighted by Crippen LogP contribution is -2.10. The van der Waals surface area contributed by atoms with Crippen LogP contribution >= 0.6 is 0 Å². The molecule has 0 radical (unpaired) electrons. The first-order valence-corrected chi connectivity index (χ1v) is 9.43. The van der Waals surface area contributed by atoms with Gasteiger partial charge < -0.3 is 10.1 Å². The Labute approximate surface area is 160 Å². The molecule has 0 saturated carbocycles. The molecule has 0 amide bonds. The number of nitrogens with zero attached hydrogens (tertiary/aromatic N) is 2. The van der Waals surface area contributed by atoms with Gasteiger partial charge in [-0.15, -0.1) is 0 Å². The van der Waals surface area contributed by atoms with E-state index in [0.29, 0.717) is 18.0 Å². The number of aryl methyl sites for hydroxylation is 4. The normalized spacial score (nSPS) is 11.0. The van der Waals surface area contributed by atoms with Crippen molar-refractivity contribution in [2.45, 2.75) is 47.6 Å². The molecule has 0 aliphatic rings. The van der Waals surface area contributed by atoms with E-state index in [2.05, 4.69) is 48.4 Å². The number of ether oxygens (including phenoxy) is 1. The Morgan fingerprint density at radius 3 is 2.70 bits per heavy atom. The van der Waals surface area contributed by atoms with Crippen molar-refractivity contribution < 1.29 is 9.53 Å². The summed E-state index contributed by atoms with van der Waals surface area (Å²) in [7, 11) is 0. The number of pyridine rings is 1. The highest BCUT2D eigenvalue weighted by Crippen LogP contribution is 2.24. The van der Waals surface area contributed by atoms with Gasteiger partial charge >= 0.3 is 5.97 Å². The molecule has 0 aliphatic carbocycles. The van der Waals surface area contributed by atoms with Crippen molar-refractivity contribution in [1.82, 2.24) is 9.38 Å². The molecule has 1 aromatic carbocycles. The average Bonchev–Trinajstić information content (AvgIpc) is 2.96. The van der Waals surface area contributed by atoms with Crippen molar-refractivity contribution in [2.24, 2.45) is 0 Å². The van der Waals surface area contributed by atoms with E-state index in [-0.39, 0.29) is 5.97 Å². The van der Waals surface area contributed by atoms with Crippen LogP contribution in [0.1, 0.15) is 52.3 Å². The van der Waals surface area contributed by atoms with Crippen LogP contribution < -0.4 is 5.32 Å². The third-order valence-electron chi connectivity index (χ3n) is 4.84. The first kappa shape index (κ1) is 19.0. The minimum atomic E-state index is -0.341. The second kappa shape index (κ2) is 7.82.